The summed E-state index contributed by atoms with van der Waals surface area (Å²) < 4.78 is 21.8. The van der Waals surface area contributed by atoms with Crippen molar-refractivity contribution in [3.63, 3.8) is 0 Å². The summed E-state index contributed by atoms with van der Waals surface area (Å²) in [6, 6.07) is 6.13. The second-order valence-electron chi connectivity index (χ2n) is 9.15. The number of aromatic nitrogens is 3. The number of carbonyl (C=O) groups is 1. The van der Waals surface area contributed by atoms with Crippen molar-refractivity contribution in [3.05, 3.63) is 69.2 Å². The van der Waals surface area contributed by atoms with Crippen LogP contribution in [0.5, 0.6) is 5.75 Å². The van der Waals surface area contributed by atoms with Crippen LogP contribution >= 0.6 is 23.2 Å². The highest BCUT2D eigenvalue weighted by molar-refractivity contribution is 6.39. The van der Waals surface area contributed by atoms with Crippen molar-refractivity contribution in [3.8, 4) is 5.75 Å². The van der Waals surface area contributed by atoms with Crippen molar-refractivity contribution in [2.75, 3.05) is 10.6 Å². The molecule has 0 unspecified atom stereocenters. The molecule has 1 aliphatic rings. The number of halogens is 3. The Bertz CT molecular complexity index is 1500. The third kappa shape index (κ3) is 4.17. The zero-order chi connectivity index (χ0) is 25.1. The predicted molar refractivity (Wildman–Crippen MR) is 136 cm³/mol. The molecule has 4 aromatic rings. The van der Waals surface area contributed by atoms with Crippen LogP contribution in [0.15, 0.2) is 36.7 Å². The number of rotatable bonds is 4. The molecule has 7 nitrogen and oxygen atoms in total. The largest absolute Gasteiger partial charge is 0.486 e. The fourth-order valence-electron chi connectivity index (χ4n) is 4.31. The highest BCUT2D eigenvalue weighted by atomic mass is 35.5. The lowest BCUT2D eigenvalue weighted by Crippen LogP contribution is -2.25. The SMILES string of the molecule is Cc1cc(NC(=O)c2cc3nc(Nc4c(Cl)cncc4Cl)n(C)c3c3c2OC(C)(C)C3)ccc1F. The van der Waals surface area contributed by atoms with Gasteiger partial charge in [-0.3, -0.25) is 9.78 Å². The number of nitrogens with one attached hydrogen (secondary N) is 2. The van der Waals surface area contributed by atoms with Gasteiger partial charge in [0.2, 0.25) is 5.95 Å². The molecule has 2 aromatic heterocycles. The number of amides is 1. The molecule has 1 aliphatic heterocycles. The first kappa shape index (κ1) is 23.4. The molecular formula is C25H22Cl2FN5O2. The number of benzene rings is 2. The maximum Gasteiger partial charge on any atom is 0.259 e. The van der Waals surface area contributed by atoms with E-state index in [2.05, 4.69) is 15.6 Å². The number of imidazole rings is 1. The summed E-state index contributed by atoms with van der Waals surface area (Å²) in [4.78, 5) is 22.0. The minimum Gasteiger partial charge on any atom is -0.486 e. The Morgan fingerprint density at radius 3 is 2.60 bits per heavy atom. The molecule has 0 fully saturated rings. The Kier molecular flexibility index (Phi) is 5.61. The smallest absolute Gasteiger partial charge is 0.259 e. The van der Waals surface area contributed by atoms with Gasteiger partial charge in [0.05, 0.1) is 32.3 Å². The second-order valence-corrected chi connectivity index (χ2v) is 9.97. The number of carbonyl (C=O) groups excluding carboxylic acids is 1. The molecule has 0 bridgehead atoms. The molecule has 0 atom stereocenters. The van der Waals surface area contributed by atoms with Crippen molar-refractivity contribution in [2.45, 2.75) is 32.8 Å². The van der Waals surface area contributed by atoms with Crippen molar-refractivity contribution >= 4 is 57.5 Å². The number of pyridine rings is 1. The Morgan fingerprint density at radius 1 is 1.20 bits per heavy atom. The van der Waals surface area contributed by atoms with Crippen molar-refractivity contribution in [1.82, 2.24) is 14.5 Å². The van der Waals surface area contributed by atoms with Crippen LogP contribution in [0, 0.1) is 12.7 Å². The summed E-state index contributed by atoms with van der Waals surface area (Å²) >= 11 is 12.6. The normalized spacial score (nSPS) is 14.0. The Hall–Kier alpha value is -3.36. The van der Waals surface area contributed by atoms with Crippen molar-refractivity contribution < 1.29 is 13.9 Å². The molecule has 180 valence electrons. The maximum absolute atomic E-state index is 13.7. The quantitative estimate of drug-likeness (QED) is 0.328. The first-order chi connectivity index (χ1) is 16.5. The van der Waals surface area contributed by atoms with Gasteiger partial charge >= 0.3 is 0 Å². The van der Waals surface area contributed by atoms with Gasteiger partial charge in [0.25, 0.3) is 5.91 Å². The fourth-order valence-corrected chi connectivity index (χ4v) is 4.77. The number of hydrogen-bond donors (Lipinski definition) is 2. The minimum atomic E-state index is -0.506. The molecule has 1 amide bonds. The molecule has 2 aromatic carbocycles. The van der Waals surface area contributed by atoms with E-state index in [-0.39, 0.29) is 11.7 Å². The summed E-state index contributed by atoms with van der Waals surface area (Å²) in [6.45, 7) is 5.58. The number of ether oxygens (including phenoxy) is 1. The van der Waals surface area contributed by atoms with Gasteiger partial charge < -0.3 is 19.9 Å². The van der Waals surface area contributed by atoms with Crippen LogP contribution < -0.4 is 15.4 Å². The summed E-state index contributed by atoms with van der Waals surface area (Å²) in [7, 11) is 1.87. The third-order valence-electron chi connectivity index (χ3n) is 5.94. The summed E-state index contributed by atoms with van der Waals surface area (Å²) in [5, 5.41) is 6.74. The standard InChI is InChI=1S/C25H22Cl2FN5O2/c1-12-7-13(5-6-18(12)28)30-23(34)14-8-19-21(15-9-25(2,3)35-22(14)15)33(4)24(31-19)32-20-16(26)10-29-11-17(20)27/h5-8,10-11H,9H2,1-4H3,(H,30,34)(H,29,31,32). The number of aryl methyl sites for hydroxylation is 2. The maximum atomic E-state index is 13.7. The Labute approximate surface area is 211 Å². The fraction of sp³-hybridized carbons (Fsp3) is 0.240. The van der Waals surface area contributed by atoms with Crippen LogP contribution in [0.3, 0.4) is 0 Å². The van der Waals surface area contributed by atoms with E-state index in [1.54, 1.807) is 19.1 Å². The molecule has 2 N–H and O–H groups in total. The van der Waals surface area contributed by atoms with Gasteiger partial charge in [-0.15, -0.1) is 0 Å². The average Bonchev–Trinajstić information content (AvgIpc) is 3.27. The van der Waals surface area contributed by atoms with E-state index in [1.807, 2.05) is 25.5 Å². The van der Waals surface area contributed by atoms with E-state index in [9.17, 15) is 9.18 Å². The third-order valence-corrected chi connectivity index (χ3v) is 6.51. The molecule has 0 saturated heterocycles. The molecule has 3 heterocycles. The number of anilines is 3. The van der Waals surface area contributed by atoms with E-state index in [0.717, 1.165) is 11.1 Å². The lowest BCUT2D eigenvalue weighted by Gasteiger charge is -2.18. The molecule has 5 rings (SSSR count). The molecule has 10 heteroatoms. The van der Waals surface area contributed by atoms with E-state index in [4.69, 9.17) is 32.9 Å². The van der Waals surface area contributed by atoms with E-state index in [0.29, 0.717) is 56.2 Å². The molecule has 35 heavy (non-hydrogen) atoms. The lowest BCUT2D eigenvalue weighted by atomic mass is 9.98. The van der Waals surface area contributed by atoms with Gasteiger partial charge in [0.15, 0.2) is 0 Å². The van der Waals surface area contributed by atoms with Gasteiger partial charge in [0.1, 0.15) is 17.2 Å². The van der Waals surface area contributed by atoms with E-state index < -0.39 is 5.60 Å². The molecular weight excluding hydrogens is 492 g/mol. The topological polar surface area (TPSA) is 81.1 Å². The minimum absolute atomic E-state index is 0.335. The first-order valence-electron chi connectivity index (χ1n) is 10.9. The summed E-state index contributed by atoms with van der Waals surface area (Å²) in [6.07, 6.45) is 3.57. The molecule has 0 spiro atoms. The Morgan fingerprint density at radius 2 is 1.91 bits per heavy atom. The first-order valence-corrected chi connectivity index (χ1v) is 11.6. The van der Waals surface area contributed by atoms with Crippen LogP contribution in [-0.2, 0) is 13.5 Å². The van der Waals surface area contributed by atoms with Gasteiger partial charge in [-0.1, -0.05) is 23.2 Å². The lowest BCUT2D eigenvalue weighted by molar-refractivity contribution is 0.101. The van der Waals surface area contributed by atoms with Crippen LogP contribution in [0.2, 0.25) is 10.0 Å². The molecule has 0 saturated carbocycles. The summed E-state index contributed by atoms with van der Waals surface area (Å²) in [5.41, 5.74) is 3.58. The molecule has 0 aliphatic carbocycles. The van der Waals surface area contributed by atoms with Crippen molar-refractivity contribution in [2.24, 2.45) is 7.05 Å². The number of fused-ring (bicyclic) bond motifs is 3. The van der Waals surface area contributed by atoms with Crippen LogP contribution in [0.1, 0.15) is 35.3 Å². The van der Waals surface area contributed by atoms with Gasteiger partial charge in [-0.2, -0.15) is 0 Å². The van der Waals surface area contributed by atoms with Gasteiger partial charge in [-0.05, 0) is 50.6 Å². The Balaban J connectivity index is 1.61. The highest BCUT2D eigenvalue weighted by Crippen LogP contribution is 2.43. The zero-order valence-corrected chi connectivity index (χ0v) is 21.0. The number of nitrogens with zero attached hydrogens (tertiary/aromatic N) is 3. The van der Waals surface area contributed by atoms with Gasteiger partial charge in [-0.25, -0.2) is 9.37 Å². The zero-order valence-electron chi connectivity index (χ0n) is 19.5. The number of hydrogen-bond acceptors (Lipinski definition) is 5. The highest BCUT2D eigenvalue weighted by Gasteiger charge is 2.36. The van der Waals surface area contributed by atoms with E-state index in [1.165, 1.54) is 24.5 Å². The second kappa shape index (κ2) is 8.39. The average molecular weight is 514 g/mol. The molecule has 0 radical (unpaired) electrons. The van der Waals surface area contributed by atoms with Crippen LogP contribution in [0.25, 0.3) is 11.0 Å². The summed E-state index contributed by atoms with van der Waals surface area (Å²) in [5.74, 6) is 0.299. The van der Waals surface area contributed by atoms with Crippen LogP contribution in [0.4, 0.5) is 21.7 Å². The van der Waals surface area contributed by atoms with Gasteiger partial charge in [0, 0.05) is 37.1 Å². The predicted octanol–water partition coefficient (Wildman–Crippen LogP) is 6.43. The van der Waals surface area contributed by atoms with Crippen molar-refractivity contribution in [1.29, 1.82) is 0 Å². The van der Waals surface area contributed by atoms with E-state index >= 15 is 0 Å². The monoisotopic (exact) mass is 513 g/mol. The van der Waals surface area contributed by atoms with Crippen LogP contribution in [-0.4, -0.2) is 26.0 Å².